The Morgan fingerprint density at radius 3 is 1.27 bits per heavy atom. The standard InChI is InChI=1S/C9H21NO/c1-6(2)9(11,7(3)4)8(5)10/h6-8,11H,10H2,1-5H3. The average molecular weight is 159 g/mol. The lowest BCUT2D eigenvalue weighted by atomic mass is 9.76. The molecule has 0 saturated heterocycles. The maximum atomic E-state index is 10.1. The van der Waals surface area contributed by atoms with Crippen molar-refractivity contribution in [1.82, 2.24) is 0 Å². The van der Waals surface area contributed by atoms with E-state index in [1.807, 2.05) is 34.6 Å². The molecule has 0 aliphatic heterocycles. The summed E-state index contributed by atoms with van der Waals surface area (Å²) in [5.41, 5.74) is 5.00. The van der Waals surface area contributed by atoms with Gasteiger partial charge < -0.3 is 10.8 Å². The second kappa shape index (κ2) is 3.55. The molecule has 0 aromatic carbocycles. The molecule has 0 spiro atoms. The zero-order valence-electron chi connectivity index (χ0n) is 8.26. The van der Waals surface area contributed by atoms with Crippen LogP contribution in [0.15, 0.2) is 0 Å². The second-order valence-corrected chi connectivity index (χ2v) is 3.99. The van der Waals surface area contributed by atoms with Gasteiger partial charge >= 0.3 is 0 Å². The molecular weight excluding hydrogens is 138 g/mol. The van der Waals surface area contributed by atoms with Crippen molar-refractivity contribution >= 4 is 0 Å². The topological polar surface area (TPSA) is 46.2 Å². The van der Waals surface area contributed by atoms with Crippen LogP contribution in [0.25, 0.3) is 0 Å². The van der Waals surface area contributed by atoms with E-state index >= 15 is 0 Å². The monoisotopic (exact) mass is 159 g/mol. The Labute approximate surface area is 69.8 Å². The first-order chi connectivity index (χ1) is 4.83. The van der Waals surface area contributed by atoms with E-state index in [1.54, 1.807) is 0 Å². The van der Waals surface area contributed by atoms with Crippen molar-refractivity contribution in [3.05, 3.63) is 0 Å². The van der Waals surface area contributed by atoms with E-state index in [1.165, 1.54) is 0 Å². The molecule has 0 aliphatic rings. The third kappa shape index (κ3) is 1.94. The van der Waals surface area contributed by atoms with E-state index in [4.69, 9.17) is 5.73 Å². The van der Waals surface area contributed by atoms with E-state index in [-0.39, 0.29) is 17.9 Å². The Balaban J connectivity index is 4.53. The summed E-state index contributed by atoms with van der Waals surface area (Å²) < 4.78 is 0. The minimum absolute atomic E-state index is 0.164. The molecule has 0 bridgehead atoms. The van der Waals surface area contributed by atoms with Gasteiger partial charge in [0.25, 0.3) is 0 Å². The molecule has 3 N–H and O–H groups in total. The quantitative estimate of drug-likeness (QED) is 0.653. The molecule has 68 valence electrons. The lowest BCUT2D eigenvalue weighted by Crippen LogP contribution is -2.54. The fourth-order valence-corrected chi connectivity index (χ4v) is 1.72. The largest absolute Gasteiger partial charge is 0.388 e. The van der Waals surface area contributed by atoms with E-state index in [0.29, 0.717) is 0 Å². The zero-order valence-corrected chi connectivity index (χ0v) is 8.26. The smallest absolute Gasteiger partial charge is 0.0840 e. The van der Waals surface area contributed by atoms with Crippen LogP contribution in [0.3, 0.4) is 0 Å². The van der Waals surface area contributed by atoms with Gasteiger partial charge in [0.2, 0.25) is 0 Å². The fraction of sp³-hybridized carbons (Fsp3) is 1.00. The highest BCUT2D eigenvalue weighted by Gasteiger charge is 2.37. The summed E-state index contributed by atoms with van der Waals surface area (Å²) in [6, 6.07) is -0.164. The lowest BCUT2D eigenvalue weighted by Gasteiger charge is -2.39. The molecule has 0 aromatic heterocycles. The molecule has 0 amide bonds. The number of rotatable bonds is 3. The summed E-state index contributed by atoms with van der Waals surface area (Å²) in [6.45, 7) is 9.87. The Bertz CT molecular complexity index is 97.0. The number of nitrogens with two attached hydrogens (primary N) is 1. The van der Waals surface area contributed by atoms with Gasteiger partial charge in [-0.3, -0.25) is 0 Å². The minimum Gasteiger partial charge on any atom is -0.388 e. The Morgan fingerprint density at radius 1 is 1.00 bits per heavy atom. The summed E-state index contributed by atoms with van der Waals surface area (Å²) in [7, 11) is 0. The second-order valence-electron chi connectivity index (χ2n) is 3.99. The molecular formula is C9H21NO. The maximum Gasteiger partial charge on any atom is 0.0840 e. The molecule has 11 heavy (non-hydrogen) atoms. The Kier molecular flexibility index (Phi) is 3.52. The lowest BCUT2D eigenvalue weighted by molar-refractivity contribution is -0.0634. The van der Waals surface area contributed by atoms with Crippen molar-refractivity contribution in [1.29, 1.82) is 0 Å². The molecule has 0 radical (unpaired) electrons. The fourth-order valence-electron chi connectivity index (χ4n) is 1.72. The van der Waals surface area contributed by atoms with E-state index < -0.39 is 5.60 Å². The van der Waals surface area contributed by atoms with Crippen LogP contribution in [-0.4, -0.2) is 16.7 Å². The van der Waals surface area contributed by atoms with Gasteiger partial charge in [-0.1, -0.05) is 27.7 Å². The van der Waals surface area contributed by atoms with Gasteiger partial charge in [0.15, 0.2) is 0 Å². The van der Waals surface area contributed by atoms with Crippen molar-refractivity contribution < 1.29 is 5.11 Å². The van der Waals surface area contributed by atoms with Gasteiger partial charge in [-0.05, 0) is 18.8 Å². The molecule has 0 saturated carbocycles. The predicted molar refractivity (Wildman–Crippen MR) is 48.3 cm³/mol. The summed E-state index contributed by atoms with van der Waals surface area (Å²) in [5, 5.41) is 10.1. The number of hydrogen-bond donors (Lipinski definition) is 2. The molecule has 0 aromatic rings. The molecule has 0 fully saturated rings. The highest BCUT2D eigenvalue weighted by atomic mass is 16.3. The third-order valence-electron chi connectivity index (χ3n) is 2.58. The highest BCUT2D eigenvalue weighted by molar-refractivity contribution is 4.92. The SMILES string of the molecule is CC(C)C(O)(C(C)C)C(C)N. The third-order valence-corrected chi connectivity index (χ3v) is 2.58. The molecule has 0 heterocycles. The maximum absolute atomic E-state index is 10.1. The molecule has 0 aliphatic carbocycles. The van der Waals surface area contributed by atoms with Crippen LogP contribution in [0, 0.1) is 11.8 Å². The normalized spacial score (nSPS) is 16.1. The van der Waals surface area contributed by atoms with Crippen LogP contribution in [0.5, 0.6) is 0 Å². The zero-order chi connectivity index (χ0) is 9.23. The molecule has 2 nitrogen and oxygen atoms in total. The van der Waals surface area contributed by atoms with Gasteiger partial charge in [0.05, 0.1) is 5.60 Å². The molecule has 2 heteroatoms. The van der Waals surface area contributed by atoms with Gasteiger partial charge in [-0.2, -0.15) is 0 Å². The van der Waals surface area contributed by atoms with E-state index in [2.05, 4.69) is 0 Å². The average Bonchev–Trinajstić information content (AvgIpc) is 1.84. The minimum atomic E-state index is -0.722. The summed E-state index contributed by atoms with van der Waals surface area (Å²) in [4.78, 5) is 0. The first-order valence-electron chi connectivity index (χ1n) is 4.31. The first kappa shape index (κ1) is 10.9. The molecule has 1 atom stereocenters. The van der Waals surface area contributed by atoms with Crippen LogP contribution < -0.4 is 5.73 Å². The highest BCUT2D eigenvalue weighted by Crippen LogP contribution is 2.28. The summed E-state index contributed by atoms with van der Waals surface area (Å²) in [5.74, 6) is 0.421. The van der Waals surface area contributed by atoms with Gasteiger partial charge in [0, 0.05) is 6.04 Å². The van der Waals surface area contributed by atoms with E-state index in [0.717, 1.165) is 0 Å². The van der Waals surface area contributed by atoms with E-state index in [9.17, 15) is 5.11 Å². The summed E-state index contributed by atoms with van der Waals surface area (Å²) in [6.07, 6.45) is 0. The van der Waals surface area contributed by atoms with Crippen molar-refractivity contribution in [2.45, 2.75) is 46.3 Å². The van der Waals surface area contributed by atoms with Crippen LogP contribution >= 0.6 is 0 Å². The number of hydrogen-bond acceptors (Lipinski definition) is 2. The van der Waals surface area contributed by atoms with Crippen molar-refractivity contribution in [3.8, 4) is 0 Å². The van der Waals surface area contributed by atoms with Crippen molar-refractivity contribution in [3.63, 3.8) is 0 Å². The van der Waals surface area contributed by atoms with Crippen LogP contribution in [0.4, 0.5) is 0 Å². The summed E-state index contributed by atoms with van der Waals surface area (Å²) >= 11 is 0. The van der Waals surface area contributed by atoms with Crippen LogP contribution in [-0.2, 0) is 0 Å². The van der Waals surface area contributed by atoms with Gasteiger partial charge in [-0.15, -0.1) is 0 Å². The Morgan fingerprint density at radius 2 is 1.27 bits per heavy atom. The van der Waals surface area contributed by atoms with Crippen molar-refractivity contribution in [2.75, 3.05) is 0 Å². The Hall–Kier alpha value is -0.0800. The van der Waals surface area contributed by atoms with Crippen LogP contribution in [0.1, 0.15) is 34.6 Å². The predicted octanol–water partition coefficient (Wildman–Crippen LogP) is 1.38. The molecule has 0 rings (SSSR count). The van der Waals surface area contributed by atoms with Crippen molar-refractivity contribution in [2.24, 2.45) is 17.6 Å². The van der Waals surface area contributed by atoms with Crippen LogP contribution in [0.2, 0.25) is 0 Å². The molecule has 1 unspecified atom stereocenters. The van der Waals surface area contributed by atoms with Gasteiger partial charge in [0.1, 0.15) is 0 Å². The van der Waals surface area contributed by atoms with Gasteiger partial charge in [-0.25, -0.2) is 0 Å². The first-order valence-corrected chi connectivity index (χ1v) is 4.31. The number of aliphatic hydroxyl groups is 1.